The van der Waals surface area contributed by atoms with Crippen molar-refractivity contribution >= 4 is 23.1 Å². The van der Waals surface area contributed by atoms with E-state index in [-0.39, 0.29) is 11.3 Å². The largest absolute Gasteiger partial charge is 0.503 e. The van der Waals surface area contributed by atoms with E-state index in [4.69, 9.17) is 9.15 Å². The second-order valence-electron chi connectivity index (χ2n) is 7.61. The molecule has 1 aliphatic rings. The third-order valence-electron chi connectivity index (χ3n) is 5.89. The fourth-order valence-corrected chi connectivity index (χ4v) is 4.16. The molecule has 2 aromatic carbocycles. The molecule has 0 saturated carbocycles. The molecule has 3 aromatic rings. The number of methoxy groups -OCH3 is 1. The zero-order valence-corrected chi connectivity index (χ0v) is 18.8. The highest BCUT2D eigenvalue weighted by Crippen LogP contribution is 2.42. The van der Waals surface area contributed by atoms with Crippen LogP contribution in [0.2, 0.25) is 0 Å². The number of carbonyl (C=O) groups excluding carboxylic acids is 2. The number of hydrogen-bond donors (Lipinski definition) is 1. The molecule has 7 heteroatoms. The molecule has 1 aliphatic heterocycles. The minimum absolute atomic E-state index is 0.0204. The van der Waals surface area contributed by atoms with Crippen LogP contribution in [0, 0.1) is 0 Å². The topological polar surface area (TPSA) is 83.2 Å². The van der Waals surface area contributed by atoms with Gasteiger partial charge in [0.2, 0.25) is 5.78 Å². The molecule has 0 spiro atoms. The number of Topliss-reactive ketones (excluding diaryl/α,β-unsaturated/α-hetero) is 1. The Kier molecular flexibility index (Phi) is 6.22. The number of aliphatic hydroxyl groups excluding tert-OH is 1. The molecule has 7 nitrogen and oxygen atoms in total. The van der Waals surface area contributed by atoms with E-state index in [1.54, 1.807) is 37.4 Å². The van der Waals surface area contributed by atoms with Gasteiger partial charge in [0.1, 0.15) is 5.75 Å². The van der Waals surface area contributed by atoms with Gasteiger partial charge in [-0.05, 0) is 67.9 Å². The fourth-order valence-electron chi connectivity index (χ4n) is 4.16. The Balaban J connectivity index is 1.80. The van der Waals surface area contributed by atoms with Gasteiger partial charge in [0.25, 0.3) is 5.91 Å². The molecule has 0 bridgehead atoms. The van der Waals surface area contributed by atoms with Crippen molar-refractivity contribution < 1.29 is 23.8 Å². The molecule has 2 heterocycles. The van der Waals surface area contributed by atoms with Crippen LogP contribution in [0.4, 0.5) is 11.4 Å². The van der Waals surface area contributed by atoms with Crippen molar-refractivity contribution in [2.75, 3.05) is 30.0 Å². The average molecular weight is 447 g/mol. The number of furan rings is 1. The van der Waals surface area contributed by atoms with Crippen molar-refractivity contribution in [2.24, 2.45) is 0 Å². The number of carbonyl (C=O) groups is 2. The summed E-state index contributed by atoms with van der Waals surface area (Å²) in [6, 6.07) is 16.9. The zero-order chi connectivity index (χ0) is 23.5. The van der Waals surface area contributed by atoms with Gasteiger partial charge in [-0.15, -0.1) is 0 Å². The van der Waals surface area contributed by atoms with Gasteiger partial charge >= 0.3 is 0 Å². The molecule has 0 fully saturated rings. The van der Waals surface area contributed by atoms with Gasteiger partial charge in [0.05, 0.1) is 25.0 Å². The van der Waals surface area contributed by atoms with E-state index in [2.05, 4.69) is 18.7 Å². The molecule has 1 unspecified atom stereocenters. The number of ether oxygens (including phenoxy) is 1. The Morgan fingerprint density at radius 2 is 1.73 bits per heavy atom. The first-order valence-electron chi connectivity index (χ1n) is 10.8. The highest BCUT2D eigenvalue weighted by Gasteiger charge is 2.45. The van der Waals surface area contributed by atoms with Crippen LogP contribution >= 0.6 is 0 Å². The van der Waals surface area contributed by atoms with E-state index >= 15 is 0 Å². The third kappa shape index (κ3) is 3.98. The highest BCUT2D eigenvalue weighted by molar-refractivity contribution is 6.20. The lowest BCUT2D eigenvalue weighted by atomic mass is 9.94. The van der Waals surface area contributed by atoms with Gasteiger partial charge in [-0.25, -0.2) is 0 Å². The number of rotatable bonds is 8. The van der Waals surface area contributed by atoms with E-state index in [0.29, 0.717) is 17.0 Å². The molecular weight excluding hydrogens is 420 g/mol. The van der Waals surface area contributed by atoms with Crippen LogP contribution in [-0.4, -0.2) is 37.0 Å². The zero-order valence-electron chi connectivity index (χ0n) is 18.8. The van der Waals surface area contributed by atoms with Crippen molar-refractivity contribution in [3.8, 4) is 5.75 Å². The quantitative estimate of drug-likeness (QED) is 0.495. The molecule has 1 atom stereocenters. The summed E-state index contributed by atoms with van der Waals surface area (Å²) in [6.45, 7) is 5.87. The normalized spacial score (nSPS) is 15.8. The van der Waals surface area contributed by atoms with E-state index < -0.39 is 23.5 Å². The van der Waals surface area contributed by atoms with Crippen LogP contribution in [0.15, 0.2) is 82.7 Å². The third-order valence-corrected chi connectivity index (χ3v) is 5.89. The average Bonchev–Trinajstić information content (AvgIpc) is 3.48. The second kappa shape index (κ2) is 9.24. The molecule has 4 rings (SSSR count). The van der Waals surface area contributed by atoms with Crippen LogP contribution < -0.4 is 14.5 Å². The Hall–Kier alpha value is -4.00. The van der Waals surface area contributed by atoms with Gasteiger partial charge in [-0.2, -0.15) is 0 Å². The summed E-state index contributed by atoms with van der Waals surface area (Å²) in [6.07, 6.45) is 1.38. The van der Waals surface area contributed by atoms with Crippen LogP contribution in [0.1, 0.15) is 36.0 Å². The van der Waals surface area contributed by atoms with Crippen molar-refractivity contribution in [2.45, 2.75) is 19.9 Å². The number of ketones is 1. The number of hydrogen-bond acceptors (Lipinski definition) is 6. The van der Waals surface area contributed by atoms with Crippen LogP contribution in [0.3, 0.4) is 0 Å². The Labute approximate surface area is 192 Å². The predicted octanol–water partition coefficient (Wildman–Crippen LogP) is 4.92. The first kappa shape index (κ1) is 22.2. The molecule has 0 radical (unpaired) electrons. The Morgan fingerprint density at radius 1 is 1.06 bits per heavy atom. The molecule has 0 aliphatic carbocycles. The van der Waals surface area contributed by atoms with E-state index in [0.717, 1.165) is 18.8 Å². The van der Waals surface area contributed by atoms with Gasteiger partial charge in [0.15, 0.2) is 11.5 Å². The Morgan fingerprint density at radius 3 is 2.27 bits per heavy atom. The minimum atomic E-state index is -0.819. The standard InChI is InChI=1S/C26H26N2O5/c1-4-27(5-2)18-10-12-19(13-11-18)28-23(17-8-14-20(32-3)15-9-17)22(25(30)26(28)31)24(29)21-7-6-16-33-21/h6-16,23,30H,4-5H2,1-3H3. The van der Waals surface area contributed by atoms with Crippen molar-refractivity contribution in [3.05, 3.63) is 89.6 Å². The number of amides is 1. The maximum atomic E-state index is 13.2. The summed E-state index contributed by atoms with van der Waals surface area (Å²) in [4.78, 5) is 30.1. The number of anilines is 2. The highest BCUT2D eigenvalue weighted by atomic mass is 16.5. The molecule has 0 saturated heterocycles. The maximum Gasteiger partial charge on any atom is 0.294 e. The van der Waals surface area contributed by atoms with Gasteiger partial charge < -0.3 is 19.2 Å². The van der Waals surface area contributed by atoms with Gasteiger partial charge in [0, 0.05) is 24.5 Å². The Bertz CT molecular complexity index is 1160. The van der Waals surface area contributed by atoms with Crippen LogP contribution in [0.25, 0.3) is 0 Å². The summed E-state index contributed by atoms with van der Waals surface area (Å²) in [5.41, 5.74) is 2.25. The monoisotopic (exact) mass is 446 g/mol. The van der Waals surface area contributed by atoms with Crippen LogP contribution in [-0.2, 0) is 4.79 Å². The smallest absolute Gasteiger partial charge is 0.294 e. The number of benzene rings is 2. The molecule has 1 aromatic heterocycles. The number of nitrogens with zero attached hydrogens (tertiary/aromatic N) is 2. The lowest BCUT2D eigenvalue weighted by Gasteiger charge is -2.28. The summed E-state index contributed by atoms with van der Waals surface area (Å²) in [5, 5.41) is 10.8. The minimum Gasteiger partial charge on any atom is -0.503 e. The molecular formula is C26H26N2O5. The van der Waals surface area contributed by atoms with Crippen molar-refractivity contribution in [1.82, 2.24) is 0 Å². The molecule has 170 valence electrons. The molecule has 33 heavy (non-hydrogen) atoms. The number of aliphatic hydroxyl groups is 1. The summed E-state index contributed by atoms with van der Waals surface area (Å²) >= 11 is 0. The van der Waals surface area contributed by atoms with Crippen molar-refractivity contribution in [1.29, 1.82) is 0 Å². The summed E-state index contributed by atoms with van der Waals surface area (Å²) in [7, 11) is 1.56. The van der Waals surface area contributed by atoms with E-state index in [9.17, 15) is 14.7 Å². The second-order valence-corrected chi connectivity index (χ2v) is 7.61. The van der Waals surface area contributed by atoms with Gasteiger partial charge in [-0.3, -0.25) is 14.5 Å². The van der Waals surface area contributed by atoms with Gasteiger partial charge in [-0.1, -0.05) is 12.1 Å². The van der Waals surface area contributed by atoms with E-state index in [1.807, 2.05) is 24.3 Å². The first-order valence-corrected chi connectivity index (χ1v) is 10.8. The predicted molar refractivity (Wildman–Crippen MR) is 126 cm³/mol. The summed E-state index contributed by atoms with van der Waals surface area (Å²) < 4.78 is 10.5. The lowest BCUT2D eigenvalue weighted by molar-refractivity contribution is -0.117. The van der Waals surface area contributed by atoms with Crippen molar-refractivity contribution in [3.63, 3.8) is 0 Å². The maximum absolute atomic E-state index is 13.2. The SMILES string of the molecule is CCN(CC)c1ccc(N2C(=O)C(O)=C(C(=O)c3ccco3)C2c2ccc(OC)cc2)cc1. The fraction of sp³-hybridized carbons (Fsp3) is 0.231. The van der Waals surface area contributed by atoms with Crippen LogP contribution in [0.5, 0.6) is 5.75 Å². The van der Waals surface area contributed by atoms with E-state index in [1.165, 1.54) is 17.2 Å². The summed E-state index contributed by atoms with van der Waals surface area (Å²) in [5.74, 6) is -1.05. The lowest BCUT2D eigenvalue weighted by Crippen LogP contribution is -2.31. The molecule has 1 N–H and O–H groups in total. The first-order chi connectivity index (χ1) is 16.0. The molecule has 1 amide bonds.